The van der Waals surface area contributed by atoms with Gasteiger partial charge in [0.05, 0.1) is 15.9 Å². The number of aliphatic hydroxyl groups excluding tert-OH is 2. The molecule has 0 radical (unpaired) electrons. The molecule has 0 aliphatic heterocycles. The minimum atomic E-state index is -0.516. The first-order valence-electron chi connectivity index (χ1n) is 17.1. The van der Waals surface area contributed by atoms with E-state index in [0.29, 0.717) is 24.8 Å². The molecule has 258 valence electrons. The SMILES string of the molecule is CC#Cc1ccc(-c2ccc(C(=O)[C@@H]3CC[C@H]([C@@H](Cc4cc(O)cc(NC[C@H](C)O)c4)NC(N)=NC)C[C@]34CC[C@H](CCCO)C4)s2)s1. The first-order chi connectivity index (χ1) is 23.1. The molecular formula is C38H50N4O4S2. The molecule has 2 aromatic heterocycles. The van der Waals surface area contributed by atoms with Crippen molar-refractivity contribution in [2.24, 2.45) is 33.9 Å². The van der Waals surface area contributed by atoms with Crippen LogP contribution in [0.1, 0.15) is 85.3 Å². The summed E-state index contributed by atoms with van der Waals surface area (Å²) in [5.74, 6) is 7.58. The summed E-state index contributed by atoms with van der Waals surface area (Å²) >= 11 is 3.26. The van der Waals surface area contributed by atoms with Gasteiger partial charge in [-0.3, -0.25) is 9.79 Å². The molecule has 7 N–H and O–H groups in total. The number of nitrogens with zero attached hydrogens (tertiary/aromatic N) is 1. The van der Waals surface area contributed by atoms with E-state index in [1.54, 1.807) is 48.8 Å². The summed E-state index contributed by atoms with van der Waals surface area (Å²) in [5, 5.41) is 36.6. The highest BCUT2D eigenvalue weighted by atomic mass is 32.1. The lowest BCUT2D eigenvalue weighted by atomic mass is 9.58. The van der Waals surface area contributed by atoms with Crippen LogP contribution in [0.5, 0.6) is 5.75 Å². The number of anilines is 1. The molecule has 2 saturated carbocycles. The fourth-order valence-electron chi connectivity index (χ4n) is 8.04. The monoisotopic (exact) mass is 690 g/mol. The number of aromatic hydroxyl groups is 1. The Morgan fingerprint density at radius 2 is 1.92 bits per heavy atom. The zero-order chi connectivity index (χ0) is 34.3. The van der Waals surface area contributed by atoms with Crippen LogP contribution in [-0.2, 0) is 6.42 Å². The van der Waals surface area contributed by atoms with Gasteiger partial charge in [-0.15, -0.1) is 28.6 Å². The van der Waals surface area contributed by atoms with Gasteiger partial charge < -0.3 is 31.7 Å². The Balaban J connectivity index is 1.41. The molecule has 1 spiro atoms. The number of phenols is 1. The van der Waals surface area contributed by atoms with Crippen LogP contribution in [0.15, 0.2) is 47.5 Å². The van der Waals surface area contributed by atoms with E-state index in [4.69, 9.17) is 5.73 Å². The third kappa shape index (κ3) is 8.80. The van der Waals surface area contributed by atoms with Crippen LogP contribution >= 0.6 is 22.7 Å². The van der Waals surface area contributed by atoms with Crippen molar-refractivity contribution in [3.8, 4) is 27.3 Å². The van der Waals surface area contributed by atoms with Crippen LogP contribution in [0.3, 0.4) is 0 Å². The van der Waals surface area contributed by atoms with E-state index in [9.17, 15) is 20.1 Å². The van der Waals surface area contributed by atoms with Crippen molar-refractivity contribution in [3.63, 3.8) is 0 Å². The van der Waals surface area contributed by atoms with Crippen LogP contribution in [0, 0.1) is 35.0 Å². The second-order valence-corrected chi connectivity index (χ2v) is 15.8. The number of phenolic OH excluding ortho intramolecular Hbond substituents is 1. The van der Waals surface area contributed by atoms with Crippen LogP contribution in [0.4, 0.5) is 5.69 Å². The number of Topliss-reactive ketones (excluding diaryl/α,β-unsaturated/α-hetero) is 1. The molecule has 5 rings (SSSR count). The van der Waals surface area contributed by atoms with Crippen molar-refractivity contribution in [2.45, 2.75) is 83.8 Å². The van der Waals surface area contributed by atoms with Gasteiger partial charge in [-0.2, -0.15) is 0 Å². The molecule has 2 fully saturated rings. The molecular weight excluding hydrogens is 641 g/mol. The predicted molar refractivity (Wildman–Crippen MR) is 198 cm³/mol. The molecule has 0 unspecified atom stereocenters. The maximum atomic E-state index is 14.5. The molecule has 2 aliphatic carbocycles. The summed E-state index contributed by atoms with van der Waals surface area (Å²) in [6.07, 6.45) is 7.54. The molecule has 0 saturated heterocycles. The molecule has 48 heavy (non-hydrogen) atoms. The number of nitrogens with one attached hydrogen (secondary N) is 2. The number of rotatable bonds is 13. The Morgan fingerprint density at radius 1 is 1.12 bits per heavy atom. The quantitative estimate of drug-likeness (QED) is 0.0511. The lowest BCUT2D eigenvalue weighted by Crippen LogP contribution is -2.50. The lowest BCUT2D eigenvalue weighted by Gasteiger charge is -2.47. The number of benzene rings is 1. The summed E-state index contributed by atoms with van der Waals surface area (Å²) < 4.78 is 0. The maximum absolute atomic E-state index is 14.5. The average Bonchev–Trinajstić information content (AvgIpc) is 3.83. The Hall–Kier alpha value is -3.36. The van der Waals surface area contributed by atoms with Gasteiger partial charge in [-0.05, 0) is 131 Å². The minimum absolute atomic E-state index is 0.0443. The third-order valence-corrected chi connectivity index (χ3v) is 12.5. The summed E-state index contributed by atoms with van der Waals surface area (Å²) in [7, 11) is 1.68. The topological polar surface area (TPSA) is 140 Å². The van der Waals surface area contributed by atoms with Gasteiger partial charge in [0.25, 0.3) is 0 Å². The number of ketones is 1. The Bertz CT molecular complexity index is 1640. The van der Waals surface area contributed by atoms with Gasteiger partial charge >= 0.3 is 0 Å². The second kappa shape index (κ2) is 16.4. The first kappa shape index (κ1) is 35.9. The van der Waals surface area contributed by atoms with Gasteiger partial charge in [0, 0.05) is 53.7 Å². The van der Waals surface area contributed by atoms with E-state index in [2.05, 4.69) is 39.6 Å². The van der Waals surface area contributed by atoms with Crippen molar-refractivity contribution >= 4 is 40.1 Å². The highest BCUT2D eigenvalue weighted by Gasteiger charge is 2.52. The van der Waals surface area contributed by atoms with E-state index < -0.39 is 6.10 Å². The number of aliphatic hydroxyl groups is 2. The summed E-state index contributed by atoms with van der Waals surface area (Å²) in [5.41, 5.74) is 7.86. The van der Waals surface area contributed by atoms with Crippen molar-refractivity contribution < 1.29 is 20.1 Å². The molecule has 0 amide bonds. The van der Waals surface area contributed by atoms with E-state index >= 15 is 0 Å². The molecule has 10 heteroatoms. The molecule has 2 aliphatic rings. The van der Waals surface area contributed by atoms with E-state index in [1.807, 2.05) is 25.1 Å². The van der Waals surface area contributed by atoms with Crippen LogP contribution in [-0.4, -0.2) is 59.4 Å². The third-order valence-electron chi connectivity index (χ3n) is 10.2. The molecule has 6 atom stereocenters. The van der Waals surface area contributed by atoms with Crippen molar-refractivity contribution in [2.75, 3.05) is 25.5 Å². The fourth-order valence-corrected chi connectivity index (χ4v) is 10.0. The largest absolute Gasteiger partial charge is 0.508 e. The standard InChI is InChI=1S/C38H50N4O4S2/c1-4-6-30-9-11-33(47-30)34-12-13-35(48-34)36(46)31-10-8-27(22-38(31)15-14-25(21-38)7-5-16-43)32(42-37(39)40-3)19-26-17-28(20-29(45)18-26)41-23-24(2)44/h9,11-13,17-18,20,24-25,27,31-32,41,43-45H,5,7-8,10,14-16,19,21-23H2,1-3H3,(H3,39,40,42)/t24-,25-,27-,31-,32+,38+/m0/s1. The zero-order valence-corrected chi connectivity index (χ0v) is 29.9. The van der Waals surface area contributed by atoms with Crippen LogP contribution in [0.2, 0.25) is 0 Å². The highest BCUT2D eigenvalue weighted by Crippen LogP contribution is 2.58. The Morgan fingerprint density at radius 3 is 2.67 bits per heavy atom. The predicted octanol–water partition coefficient (Wildman–Crippen LogP) is 6.65. The van der Waals surface area contributed by atoms with E-state index in [0.717, 1.165) is 82.1 Å². The normalized spacial score (nSPS) is 23.8. The smallest absolute Gasteiger partial charge is 0.188 e. The van der Waals surface area contributed by atoms with Gasteiger partial charge in [-0.25, -0.2) is 0 Å². The zero-order valence-electron chi connectivity index (χ0n) is 28.3. The van der Waals surface area contributed by atoms with Crippen LogP contribution < -0.4 is 16.4 Å². The maximum Gasteiger partial charge on any atom is 0.188 e. The number of hydrogen-bond acceptors (Lipinski definition) is 8. The van der Waals surface area contributed by atoms with Gasteiger partial charge in [0.15, 0.2) is 11.7 Å². The molecule has 1 aromatic carbocycles. The number of guanidine groups is 1. The Kier molecular flexibility index (Phi) is 12.2. The minimum Gasteiger partial charge on any atom is -0.508 e. The number of carbonyl (C=O) groups is 1. The summed E-state index contributed by atoms with van der Waals surface area (Å²) in [6.45, 7) is 4.14. The van der Waals surface area contributed by atoms with Gasteiger partial charge in [-0.1, -0.05) is 5.92 Å². The number of nitrogens with two attached hydrogens (primary N) is 1. The Labute approximate surface area is 292 Å². The van der Waals surface area contributed by atoms with Gasteiger partial charge in [0.1, 0.15) is 5.75 Å². The first-order valence-corrected chi connectivity index (χ1v) is 18.8. The van der Waals surface area contributed by atoms with Crippen molar-refractivity contribution in [3.05, 3.63) is 57.8 Å². The summed E-state index contributed by atoms with van der Waals surface area (Å²) in [6, 6.07) is 13.7. The van der Waals surface area contributed by atoms with Crippen LogP contribution in [0.25, 0.3) is 9.75 Å². The molecule has 0 bridgehead atoms. The molecule has 8 nitrogen and oxygen atoms in total. The van der Waals surface area contributed by atoms with Crippen molar-refractivity contribution in [1.82, 2.24) is 5.32 Å². The number of hydrogen-bond donors (Lipinski definition) is 6. The number of thiophene rings is 2. The number of carbonyl (C=O) groups excluding carboxylic acids is 1. The summed E-state index contributed by atoms with van der Waals surface area (Å²) in [4.78, 5) is 22.8. The molecule has 2 heterocycles. The average molecular weight is 691 g/mol. The fraction of sp³-hybridized carbons (Fsp3) is 0.526. The highest BCUT2D eigenvalue weighted by molar-refractivity contribution is 7.23. The lowest BCUT2D eigenvalue weighted by molar-refractivity contribution is 0.0386. The van der Waals surface area contributed by atoms with E-state index in [-0.39, 0.29) is 41.4 Å². The van der Waals surface area contributed by atoms with Crippen molar-refractivity contribution in [1.29, 1.82) is 0 Å². The van der Waals surface area contributed by atoms with E-state index in [1.165, 1.54) is 0 Å². The van der Waals surface area contributed by atoms with Gasteiger partial charge in [0.2, 0.25) is 0 Å². The number of aliphatic imine (C=N–C) groups is 1. The molecule has 3 aromatic rings. The second-order valence-electron chi connectivity index (χ2n) is 13.7.